The maximum absolute atomic E-state index is 16.3. The molecule has 96 heavy (non-hydrogen) atoms. The highest BCUT2D eigenvalue weighted by atomic mass is 79.9. The second-order valence-corrected chi connectivity index (χ2v) is 34.8. The summed E-state index contributed by atoms with van der Waals surface area (Å²) in [6.07, 6.45) is 69.8. The van der Waals surface area contributed by atoms with Crippen LogP contribution in [-0.2, 0) is 22.4 Å². The van der Waals surface area contributed by atoms with Crippen molar-refractivity contribution in [1.82, 2.24) is 0 Å². The molecule has 6 rings (SSSR count). The molecule has 0 radical (unpaired) electrons. The number of anilines is 2. The minimum Gasteiger partial charge on any atom is -0.307 e. The molecule has 8 heteroatoms. The van der Waals surface area contributed by atoms with Crippen LogP contribution < -0.4 is 9.80 Å². The molecule has 2 atom stereocenters. The van der Waals surface area contributed by atoms with Crippen molar-refractivity contribution < 1.29 is 9.59 Å². The molecule has 0 saturated carbocycles. The monoisotopic (exact) mass is 1480 g/mol. The molecule has 4 aromatic rings. The molecule has 0 bridgehead atoms. The van der Waals surface area contributed by atoms with Gasteiger partial charge in [0.05, 0.1) is 30.1 Å². The van der Waals surface area contributed by atoms with Crippen LogP contribution in [0.2, 0.25) is 0 Å². The lowest BCUT2D eigenvalue weighted by atomic mass is 9.93. The molecule has 0 saturated heterocycles. The second-order valence-electron chi connectivity index (χ2n) is 30.1. The number of carbonyl (C=O) groups excluding carboxylic acids is 2. The Morgan fingerprint density at radius 3 is 0.812 bits per heavy atom. The Morgan fingerprint density at radius 1 is 0.312 bits per heavy atom. The highest BCUT2D eigenvalue weighted by Crippen LogP contribution is 2.51. The minimum atomic E-state index is 0.0293. The maximum atomic E-state index is 16.3. The number of aryl methyl sites for hydroxylation is 2. The van der Waals surface area contributed by atoms with Gasteiger partial charge in [0.15, 0.2) is 0 Å². The fourth-order valence-corrected chi connectivity index (χ4v) is 19.1. The summed E-state index contributed by atoms with van der Waals surface area (Å²) in [5.74, 6) is 0.854. The van der Waals surface area contributed by atoms with Gasteiger partial charge < -0.3 is 9.80 Å². The van der Waals surface area contributed by atoms with E-state index in [1.807, 2.05) is 22.7 Å². The van der Waals surface area contributed by atoms with E-state index >= 15 is 9.59 Å². The maximum Gasteiger partial charge on any atom is 0.259 e. The second kappa shape index (κ2) is 50.8. The van der Waals surface area contributed by atoms with Gasteiger partial charge in [-0.25, -0.2) is 0 Å². The van der Waals surface area contributed by atoms with E-state index in [-0.39, 0.29) is 11.8 Å². The van der Waals surface area contributed by atoms with Crippen molar-refractivity contribution in [2.45, 2.75) is 388 Å². The Labute approximate surface area is 616 Å². The molecule has 2 aromatic carbocycles. The van der Waals surface area contributed by atoms with Gasteiger partial charge >= 0.3 is 0 Å². The number of halogens is 2. The zero-order valence-corrected chi connectivity index (χ0v) is 67.5. The topological polar surface area (TPSA) is 40.6 Å². The molecule has 4 nitrogen and oxygen atoms in total. The summed E-state index contributed by atoms with van der Waals surface area (Å²) in [6.45, 7) is 15.3. The number of carbonyl (C=O) groups is 2. The molecule has 0 fully saturated rings. The van der Waals surface area contributed by atoms with Gasteiger partial charge in [-0.15, -0.1) is 22.7 Å². The molecule has 0 N–H and O–H groups in total. The number of unbranched alkanes of at least 4 members (excludes halogenated alkanes) is 42. The van der Waals surface area contributed by atoms with Gasteiger partial charge in [-0.1, -0.05) is 361 Å². The molecule has 2 aliphatic rings. The van der Waals surface area contributed by atoms with Crippen molar-refractivity contribution >= 4 is 88.9 Å². The highest BCUT2D eigenvalue weighted by Gasteiger charge is 2.43. The lowest BCUT2D eigenvalue weighted by Gasteiger charge is -2.25. The summed E-state index contributed by atoms with van der Waals surface area (Å²) in [7, 11) is 0. The predicted molar refractivity (Wildman–Crippen MR) is 435 cm³/mol. The summed E-state index contributed by atoms with van der Waals surface area (Å²) in [6, 6.07) is 18.6. The highest BCUT2D eigenvalue weighted by molar-refractivity contribution is 9.11. The number of hydrogen-bond acceptors (Lipinski definition) is 4. The van der Waals surface area contributed by atoms with E-state index in [0.29, 0.717) is 36.1 Å². The van der Waals surface area contributed by atoms with E-state index < -0.39 is 0 Å². The van der Waals surface area contributed by atoms with Gasteiger partial charge in [-0.2, -0.15) is 0 Å². The van der Waals surface area contributed by atoms with Gasteiger partial charge in [0.1, 0.15) is 0 Å². The van der Waals surface area contributed by atoms with Gasteiger partial charge in [0.2, 0.25) is 0 Å². The van der Waals surface area contributed by atoms with E-state index in [1.54, 1.807) is 0 Å². The Kier molecular flexibility index (Phi) is 43.6. The molecule has 2 aliphatic heterocycles. The summed E-state index contributed by atoms with van der Waals surface area (Å²) >= 11 is 11.8. The van der Waals surface area contributed by atoms with Crippen molar-refractivity contribution in [2.75, 3.05) is 22.9 Å². The average molecular weight is 1480 g/mol. The third-order valence-electron chi connectivity index (χ3n) is 21.7. The zero-order valence-electron chi connectivity index (χ0n) is 62.7. The number of amides is 2. The third kappa shape index (κ3) is 29.4. The van der Waals surface area contributed by atoms with E-state index in [4.69, 9.17) is 0 Å². The standard InChI is InChI=1S/C88H140Br2N2O2S2/c1-7-13-19-25-31-35-37-41-47-53-59-75-67-81(95-85(75)89)73-61-63-77-79(65-73)91(69-71(55-49-43-29-23-17-11-5)57-51-45-39-33-27-21-15-9-3)87(93)83(77)84-78-64-62-74(82-68-76(86(90)96-82)60-54-48-42-38-36-32-26-20-14-8-2)66-80(78)92(88(84)94)70-72(56-50-44-30-24-18-12-6)58-52-46-40-34-28-22-16-10-4/h61-68,71-72H,7-60,69-70H2,1-6H3/b84-83+. The van der Waals surface area contributed by atoms with Crippen LogP contribution in [-0.4, -0.2) is 24.9 Å². The van der Waals surface area contributed by atoms with E-state index in [0.717, 1.165) is 61.0 Å². The lowest BCUT2D eigenvalue weighted by Crippen LogP contribution is -2.34. The lowest BCUT2D eigenvalue weighted by molar-refractivity contribution is -0.114. The summed E-state index contributed by atoms with van der Waals surface area (Å²) < 4.78 is 2.47. The first-order valence-electron chi connectivity index (χ1n) is 41.4. The van der Waals surface area contributed by atoms with E-state index in [1.165, 1.54) is 348 Å². The number of thiophene rings is 2. The van der Waals surface area contributed by atoms with Crippen LogP contribution in [0.25, 0.3) is 32.0 Å². The summed E-state index contributed by atoms with van der Waals surface area (Å²) in [5.41, 5.74) is 10.3. The Morgan fingerprint density at radius 2 is 0.552 bits per heavy atom. The molecule has 540 valence electrons. The number of fused-ring (bicyclic) bond motifs is 2. The molecular formula is C88H140Br2N2O2S2. The minimum absolute atomic E-state index is 0.0293. The smallest absolute Gasteiger partial charge is 0.259 e. The number of benzene rings is 2. The van der Waals surface area contributed by atoms with Crippen LogP contribution in [0.5, 0.6) is 0 Å². The van der Waals surface area contributed by atoms with Crippen molar-refractivity contribution in [2.24, 2.45) is 11.8 Å². The molecular weight excluding hydrogens is 1340 g/mol. The molecule has 2 aromatic heterocycles. The summed E-state index contributed by atoms with van der Waals surface area (Å²) in [5, 5.41) is 0. The van der Waals surface area contributed by atoms with Gasteiger partial charge in [0.25, 0.3) is 11.8 Å². The fourth-order valence-electron chi connectivity index (χ4n) is 15.6. The molecule has 2 amide bonds. The molecule has 0 spiro atoms. The van der Waals surface area contributed by atoms with Crippen LogP contribution in [0, 0.1) is 11.8 Å². The Hall–Kier alpha value is -2.52. The third-order valence-corrected chi connectivity index (χ3v) is 25.7. The van der Waals surface area contributed by atoms with Crippen LogP contribution in [0.1, 0.15) is 398 Å². The zero-order chi connectivity index (χ0) is 68.2. The van der Waals surface area contributed by atoms with Crippen LogP contribution in [0.3, 0.4) is 0 Å². The average Bonchev–Trinajstić information content (AvgIpc) is 1.57. The van der Waals surface area contributed by atoms with Crippen molar-refractivity contribution in [1.29, 1.82) is 0 Å². The van der Waals surface area contributed by atoms with Gasteiger partial charge in [-0.3, -0.25) is 9.59 Å². The van der Waals surface area contributed by atoms with Crippen LogP contribution >= 0.6 is 54.5 Å². The normalized spacial score (nSPS) is 14.5. The van der Waals surface area contributed by atoms with E-state index in [2.05, 4.69) is 132 Å². The van der Waals surface area contributed by atoms with Gasteiger partial charge in [-0.05, 0) is 142 Å². The summed E-state index contributed by atoms with van der Waals surface area (Å²) in [4.78, 5) is 39.4. The quantitative estimate of drug-likeness (QED) is 0.0326. The largest absolute Gasteiger partial charge is 0.307 e. The Bertz CT molecular complexity index is 2570. The van der Waals surface area contributed by atoms with Crippen molar-refractivity contribution in [3.63, 3.8) is 0 Å². The molecule has 0 aliphatic carbocycles. The van der Waals surface area contributed by atoms with Crippen molar-refractivity contribution in [3.05, 3.63) is 78.4 Å². The number of hydrogen-bond donors (Lipinski definition) is 0. The predicted octanol–water partition coefficient (Wildman–Crippen LogP) is 31.0. The first-order chi connectivity index (χ1) is 47.2. The van der Waals surface area contributed by atoms with E-state index in [9.17, 15) is 0 Å². The first-order valence-corrected chi connectivity index (χ1v) is 44.6. The first kappa shape index (κ1) is 82.4. The van der Waals surface area contributed by atoms with Crippen LogP contribution in [0.15, 0.2) is 56.1 Å². The van der Waals surface area contributed by atoms with Crippen LogP contribution in [0.4, 0.5) is 11.4 Å². The number of rotatable bonds is 60. The van der Waals surface area contributed by atoms with Crippen molar-refractivity contribution in [3.8, 4) is 20.9 Å². The fraction of sp³-hybridized carbons (Fsp3) is 0.727. The molecule has 2 unspecified atom stereocenters. The number of nitrogens with zero attached hydrogens (tertiary/aromatic N) is 2. The molecule has 4 heterocycles. The Balaban J connectivity index is 1.37. The SMILES string of the molecule is CCCCCCCCCCCCc1cc(-c2ccc3c(c2)N(CC(CCCCCCCC)CCCCCCCCCC)C(=O)/C3=C2/C(=O)N(CC(CCCCCCCC)CCCCCCCCCC)c3cc(-c4cc(CCCCCCCCCCCC)c(Br)s4)ccc32)sc1Br. The van der Waals surface area contributed by atoms with Gasteiger partial charge in [0, 0.05) is 34.0 Å².